The van der Waals surface area contributed by atoms with Gasteiger partial charge in [0, 0.05) is 33.0 Å². The van der Waals surface area contributed by atoms with Crippen molar-refractivity contribution in [2.75, 3.05) is 4.90 Å². The van der Waals surface area contributed by atoms with E-state index in [9.17, 15) is 9.60 Å². The van der Waals surface area contributed by atoms with Crippen LogP contribution in [0.3, 0.4) is 0 Å². The Morgan fingerprint density at radius 1 is 0.540 bits per heavy atom. The maximum atomic E-state index is 10.1. The first-order valence-corrected chi connectivity index (χ1v) is 16.1. The molecule has 0 saturated carbocycles. The lowest BCUT2D eigenvalue weighted by molar-refractivity contribution is 0.660. The Morgan fingerprint density at radius 2 is 1.26 bits per heavy atom. The van der Waals surface area contributed by atoms with Gasteiger partial charge in [-0.2, -0.15) is 0 Å². The van der Waals surface area contributed by atoms with Crippen LogP contribution in [0.4, 0.5) is 17.1 Å². The summed E-state index contributed by atoms with van der Waals surface area (Å²) < 4.78 is 170. The summed E-state index contributed by atoms with van der Waals surface area (Å²) in [7, 11) is 0. The Morgan fingerprint density at radius 3 is 2.14 bits per heavy atom. The van der Waals surface area contributed by atoms with Gasteiger partial charge < -0.3 is 9.32 Å². The molecule has 2 aliphatic rings. The number of rotatable bonds is 4. The fraction of sp³-hybridized carbons (Fsp3) is 0.125. The van der Waals surface area contributed by atoms with E-state index in [0.717, 1.165) is 22.3 Å². The zero-order valence-electron chi connectivity index (χ0n) is 45.4. The van der Waals surface area contributed by atoms with Crippen molar-refractivity contribution < 1.29 is 29.1 Å². The Hall–Kier alpha value is -5.86. The first kappa shape index (κ1) is 16.2. The zero-order chi connectivity index (χ0) is 49.4. The van der Waals surface area contributed by atoms with Crippen LogP contribution in [0, 0.1) is 0 Å². The summed E-state index contributed by atoms with van der Waals surface area (Å²) in [5.74, 6) is 0. The molecule has 2 nitrogen and oxygen atoms in total. The van der Waals surface area contributed by atoms with E-state index in [-0.39, 0.29) is 50.1 Å². The lowest BCUT2D eigenvalue weighted by Crippen LogP contribution is -2.17. The number of para-hydroxylation sites is 1. The van der Waals surface area contributed by atoms with Crippen LogP contribution in [-0.4, -0.2) is 0 Å². The van der Waals surface area contributed by atoms with Gasteiger partial charge in [-0.15, -0.1) is 0 Å². The smallest absolute Gasteiger partial charge is 0.145 e. The van der Waals surface area contributed by atoms with Gasteiger partial charge in [-0.3, -0.25) is 0 Å². The predicted octanol–water partition coefficient (Wildman–Crippen LogP) is 13.3. The molecule has 50 heavy (non-hydrogen) atoms. The molecule has 0 spiro atoms. The summed E-state index contributed by atoms with van der Waals surface area (Å²) in [6.45, 7) is 7.31. The minimum Gasteiger partial charge on any atom is -0.455 e. The highest BCUT2D eigenvalue weighted by Crippen LogP contribution is 2.57. The van der Waals surface area contributed by atoms with Crippen LogP contribution >= 0.6 is 0 Å². The minimum absolute atomic E-state index is 0.0467. The van der Waals surface area contributed by atoms with Crippen LogP contribution in [0.5, 0.6) is 0 Å². The van der Waals surface area contributed by atoms with Gasteiger partial charge in [0.25, 0.3) is 0 Å². The van der Waals surface area contributed by atoms with E-state index in [1.165, 1.54) is 4.90 Å². The van der Waals surface area contributed by atoms with Crippen molar-refractivity contribution >= 4 is 39.0 Å². The van der Waals surface area contributed by atoms with E-state index in [1.807, 2.05) is 44.2 Å². The Bertz CT molecular complexity index is 3660. The molecule has 2 aliphatic carbocycles. The highest BCUT2D eigenvalue weighted by molar-refractivity contribution is 6.17. The number of furan rings is 1. The fourth-order valence-electron chi connectivity index (χ4n) is 7.75. The topological polar surface area (TPSA) is 16.4 Å². The van der Waals surface area contributed by atoms with Crippen molar-refractivity contribution in [3.05, 3.63) is 173 Å². The highest BCUT2D eigenvalue weighted by Gasteiger charge is 2.39. The Kier molecular flexibility index (Phi) is 3.35. The molecule has 1 aromatic heterocycles. The third kappa shape index (κ3) is 3.91. The standard InChI is InChI=1S/C48H37NO/c1-47(2)38-21-12-9-18-35(38)44-39(47)22-14-23-41(44)49(31-25-26-34-33-17-8-11-20-37(33)48(3,4)40(34)29-31)42-28-27-32(30-15-6-5-7-16-30)46-45(42)36-19-10-13-24-43(36)50-46/h5-29H,1-4H3/i5D,6D,7D,9D,10D,12D,13D,14D,15D,16D,18D,19D,21D,22D,23D,24D,27D,28D. The van der Waals surface area contributed by atoms with E-state index >= 15 is 0 Å². The molecule has 0 N–H and O–H groups in total. The molecule has 0 saturated heterocycles. The first-order valence-electron chi connectivity index (χ1n) is 25.1. The van der Waals surface area contributed by atoms with Crippen molar-refractivity contribution in [2.45, 2.75) is 38.5 Å². The van der Waals surface area contributed by atoms with Crippen LogP contribution in [0.1, 0.15) is 74.6 Å². The lowest BCUT2D eigenvalue weighted by atomic mass is 9.82. The molecule has 2 heteroatoms. The van der Waals surface area contributed by atoms with Gasteiger partial charge in [0.05, 0.1) is 41.4 Å². The maximum absolute atomic E-state index is 10.1. The molecule has 0 radical (unpaired) electrons. The monoisotopic (exact) mass is 661 g/mol. The van der Waals surface area contributed by atoms with Crippen LogP contribution in [0.2, 0.25) is 0 Å². The average Bonchev–Trinajstić information content (AvgIpc) is 3.90. The molecule has 7 aromatic carbocycles. The summed E-state index contributed by atoms with van der Waals surface area (Å²) in [5.41, 5.74) is -0.944. The molecule has 1 heterocycles. The molecule has 0 atom stereocenters. The van der Waals surface area contributed by atoms with Crippen molar-refractivity contribution in [3.63, 3.8) is 0 Å². The summed E-state index contributed by atoms with van der Waals surface area (Å²) in [5, 5.41) is -0.615. The fourth-order valence-corrected chi connectivity index (χ4v) is 7.75. The molecule has 240 valence electrons. The number of hydrogen-bond acceptors (Lipinski definition) is 2. The van der Waals surface area contributed by atoms with Crippen molar-refractivity contribution in [1.29, 1.82) is 0 Å². The predicted molar refractivity (Wildman–Crippen MR) is 209 cm³/mol. The Balaban J connectivity index is 1.48. The summed E-state index contributed by atoms with van der Waals surface area (Å²) in [6.07, 6.45) is 0. The zero-order valence-corrected chi connectivity index (χ0v) is 27.4. The van der Waals surface area contributed by atoms with E-state index in [0.29, 0.717) is 0 Å². The number of hydrogen-bond donors (Lipinski definition) is 0. The summed E-state index contributed by atoms with van der Waals surface area (Å²) >= 11 is 0. The van der Waals surface area contributed by atoms with Crippen molar-refractivity contribution in [1.82, 2.24) is 0 Å². The summed E-state index contributed by atoms with van der Waals surface area (Å²) in [6, 6.07) is 1.24. The highest BCUT2D eigenvalue weighted by atomic mass is 16.3. The lowest BCUT2D eigenvalue weighted by Gasteiger charge is -2.31. The second-order valence-corrected chi connectivity index (χ2v) is 13.6. The largest absolute Gasteiger partial charge is 0.455 e. The van der Waals surface area contributed by atoms with E-state index in [4.69, 9.17) is 19.5 Å². The average molecular weight is 662 g/mol. The molecule has 0 aliphatic heterocycles. The van der Waals surface area contributed by atoms with Crippen molar-refractivity contribution in [2.24, 2.45) is 0 Å². The molecule has 0 fully saturated rings. The number of nitrogens with zero attached hydrogens (tertiary/aromatic N) is 1. The number of benzene rings is 7. The second kappa shape index (κ2) is 10.3. The molecular weight excluding hydrogens is 607 g/mol. The SMILES string of the molecule is [2H]c1c([2H])c([2H])c(-c2c([2H])c([2H])c(N(c3ccc4c(c3)C(C)(C)c3ccccc3-4)c3c([2H])c([2H])c([2H])c4c3-c3c([2H])c([2H])c([2H])c([2H])c3C4(C)C)c3c2oc2c([2H])c([2H])c([2H])c([2H])c23)c([2H])c1[2H]. The first-order chi connectivity index (χ1) is 31.8. The van der Waals surface area contributed by atoms with Gasteiger partial charge >= 0.3 is 0 Å². The normalized spacial score (nSPS) is 19.8. The minimum atomic E-state index is -1.39. The number of anilines is 3. The van der Waals surface area contributed by atoms with Crippen LogP contribution in [0.15, 0.2) is 156 Å². The van der Waals surface area contributed by atoms with Gasteiger partial charge in [0.15, 0.2) is 0 Å². The molecule has 0 unspecified atom stereocenters. The number of fused-ring (bicyclic) bond motifs is 9. The second-order valence-electron chi connectivity index (χ2n) is 13.6. The third-order valence-electron chi connectivity index (χ3n) is 10.2. The van der Waals surface area contributed by atoms with Gasteiger partial charge in [-0.05, 0) is 80.8 Å². The van der Waals surface area contributed by atoms with Crippen molar-refractivity contribution in [3.8, 4) is 33.4 Å². The molecule has 0 bridgehead atoms. The molecule has 0 amide bonds. The molecule has 10 rings (SSSR count). The van der Waals surface area contributed by atoms with E-state index in [1.54, 1.807) is 26.0 Å². The third-order valence-corrected chi connectivity index (χ3v) is 10.2. The van der Waals surface area contributed by atoms with Crippen LogP contribution < -0.4 is 4.90 Å². The van der Waals surface area contributed by atoms with Gasteiger partial charge in [0.2, 0.25) is 0 Å². The quantitative estimate of drug-likeness (QED) is 0.187. The molecule has 8 aromatic rings. The van der Waals surface area contributed by atoms with E-state index in [2.05, 4.69) is 0 Å². The Labute approximate surface area is 318 Å². The van der Waals surface area contributed by atoms with Gasteiger partial charge in [0.1, 0.15) is 11.2 Å². The van der Waals surface area contributed by atoms with Gasteiger partial charge in [-0.1, -0.05) is 143 Å². The molecular formula is C48H37NO. The van der Waals surface area contributed by atoms with E-state index < -0.39 is 142 Å². The summed E-state index contributed by atoms with van der Waals surface area (Å²) in [4.78, 5) is 1.34. The maximum Gasteiger partial charge on any atom is 0.145 e. The van der Waals surface area contributed by atoms with Crippen LogP contribution in [-0.2, 0) is 10.8 Å². The van der Waals surface area contributed by atoms with Gasteiger partial charge in [-0.25, -0.2) is 0 Å². The van der Waals surface area contributed by atoms with Crippen LogP contribution in [0.25, 0.3) is 55.3 Å².